The number of imidazole rings is 1. The van der Waals surface area contributed by atoms with Crippen LogP contribution in [0.15, 0.2) is 40.9 Å². The fourth-order valence-electron chi connectivity index (χ4n) is 2.42. The summed E-state index contributed by atoms with van der Waals surface area (Å²) < 4.78 is 16.2. The van der Waals surface area contributed by atoms with E-state index >= 15 is 0 Å². The van der Waals surface area contributed by atoms with Crippen LogP contribution in [0, 0.1) is 12.7 Å². The van der Waals surface area contributed by atoms with Crippen molar-refractivity contribution in [2.24, 2.45) is 0 Å². The average molecular weight is 368 g/mol. The number of benzene rings is 2. The standard InChI is InChI=1S/C16H13BrClFN2/c1-9-4-3-5-14-15(9)20-16(10(2)18)21(14)11-6-7-12(17)13(19)8-11/h3-8,10H,1-2H3. The molecule has 1 unspecified atom stereocenters. The summed E-state index contributed by atoms with van der Waals surface area (Å²) in [6.45, 7) is 3.87. The van der Waals surface area contributed by atoms with Crippen LogP contribution in [0.1, 0.15) is 23.7 Å². The molecule has 3 rings (SSSR count). The van der Waals surface area contributed by atoms with Gasteiger partial charge in [-0.25, -0.2) is 9.37 Å². The molecule has 1 aromatic heterocycles. The van der Waals surface area contributed by atoms with Gasteiger partial charge in [-0.05, 0) is 59.6 Å². The normalized spacial score (nSPS) is 12.8. The third-order valence-electron chi connectivity index (χ3n) is 3.43. The maximum Gasteiger partial charge on any atom is 0.139 e. The molecule has 21 heavy (non-hydrogen) atoms. The second-order valence-corrected chi connectivity index (χ2v) is 6.47. The minimum atomic E-state index is -0.310. The van der Waals surface area contributed by atoms with E-state index in [0.29, 0.717) is 16.0 Å². The summed E-state index contributed by atoms with van der Waals surface area (Å²) >= 11 is 9.44. The molecular weight excluding hydrogens is 355 g/mol. The van der Waals surface area contributed by atoms with Gasteiger partial charge >= 0.3 is 0 Å². The first-order chi connectivity index (χ1) is 9.99. The lowest BCUT2D eigenvalue weighted by Gasteiger charge is -2.11. The number of hydrogen-bond acceptors (Lipinski definition) is 1. The lowest BCUT2D eigenvalue weighted by Crippen LogP contribution is -2.02. The van der Waals surface area contributed by atoms with Crippen LogP contribution in [0.5, 0.6) is 0 Å². The number of aryl methyl sites for hydroxylation is 1. The first-order valence-electron chi connectivity index (χ1n) is 6.56. The first-order valence-corrected chi connectivity index (χ1v) is 7.79. The van der Waals surface area contributed by atoms with E-state index in [1.807, 2.05) is 42.7 Å². The molecule has 0 spiro atoms. The molecule has 108 valence electrons. The summed E-state index contributed by atoms with van der Waals surface area (Å²) in [5.74, 6) is 0.401. The molecule has 2 nitrogen and oxygen atoms in total. The zero-order valence-corrected chi connectivity index (χ0v) is 13.9. The maximum absolute atomic E-state index is 13.9. The van der Waals surface area contributed by atoms with Gasteiger partial charge in [0, 0.05) is 0 Å². The highest BCUT2D eigenvalue weighted by molar-refractivity contribution is 9.10. The van der Waals surface area contributed by atoms with Crippen molar-refractivity contribution in [2.75, 3.05) is 0 Å². The van der Waals surface area contributed by atoms with Crippen LogP contribution in [-0.4, -0.2) is 9.55 Å². The molecule has 1 atom stereocenters. The van der Waals surface area contributed by atoms with Gasteiger partial charge in [-0.1, -0.05) is 12.1 Å². The van der Waals surface area contributed by atoms with Crippen molar-refractivity contribution in [1.29, 1.82) is 0 Å². The lowest BCUT2D eigenvalue weighted by molar-refractivity contribution is 0.619. The molecule has 0 saturated heterocycles. The largest absolute Gasteiger partial charge is 0.295 e. The van der Waals surface area contributed by atoms with Crippen molar-refractivity contribution < 1.29 is 4.39 Å². The molecule has 0 radical (unpaired) electrons. The van der Waals surface area contributed by atoms with Crippen molar-refractivity contribution in [1.82, 2.24) is 9.55 Å². The van der Waals surface area contributed by atoms with Crippen LogP contribution in [0.25, 0.3) is 16.7 Å². The Morgan fingerprint density at radius 3 is 2.71 bits per heavy atom. The quantitative estimate of drug-likeness (QED) is 0.544. The number of rotatable bonds is 2. The first kappa shape index (κ1) is 14.5. The Morgan fingerprint density at radius 2 is 2.05 bits per heavy atom. The zero-order chi connectivity index (χ0) is 15.1. The maximum atomic E-state index is 13.9. The molecule has 0 saturated carbocycles. The van der Waals surface area contributed by atoms with Gasteiger partial charge in [0.2, 0.25) is 0 Å². The predicted molar refractivity (Wildman–Crippen MR) is 87.7 cm³/mol. The molecule has 0 N–H and O–H groups in total. The van der Waals surface area contributed by atoms with Crippen molar-refractivity contribution >= 4 is 38.6 Å². The second-order valence-electron chi connectivity index (χ2n) is 4.96. The fourth-order valence-corrected chi connectivity index (χ4v) is 2.81. The van der Waals surface area contributed by atoms with Crippen LogP contribution in [0.3, 0.4) is 0 Å². The molecule has 0 aliphatic carbocycles. The van der Waals surface area contributed by atoms with E-state index in [2.05, 4.69) is 20.9 Å². The summed E-state index contributed by atoms with van der Waals surface area (Å²) in [6, 6.07) is 11.0. The SMILES string of the molecule is Cc1cccc2c1nc(C(C)Cl)n2-c1ccc(Br)c(F)c1. The van der Waals surface area contributed by atoms with Crippen molar-refractivity contribution in [2.45, 2.75) is 19.2 Å². The molecule has 0 bridgehead atoms. The van der Waals surface area contributed by atoms with Crippen LogP contribution in [0.4, 0.5) is 4.39 Å². The monoisotopic (exact) mass is 366 g/mol. The molecule has 0 aliphatic heterocycles. The summed E-state index contributed by atoms with van der Waals surface area (Å²) in [7, 11) is 0. The Morgan fingerprint density at radius 1 is 1.29 bits per heavy atom. The Kier molecular flexibility index (Phi) is 3.76. The van der Waals surface area contributed by atoms with E-state index < -0.39 is 0 Å². The minimum absolute atomic E-state index is 0.275. The van der Waals surface area contributed by atoms with Gasteiger partial charge in [0.15, 0.2) is 0 Å². The molecule has 5 heteroatoms. The van der Waals surface area contributed by atoms with Gasteiger partial charge in [0.05, 0.1) is 26.6 Å². The number of para-hydroxylation sites is 1. The third kappa shape index (κ3) is 2.47. The minimum Gasteiger partial charge on any atom is -0.295 e. The highest BCUT2D eigenvalue weighted by atomic mass is 79.9. The molecular formula is C16H13BrClFN2. The van der Waals surface area contributed by atoms with Gasteiger partial charge < -0.3 is 0 Å². The van der Waals surface area contributed by atoms with E-state index in [0.717, 1.165) is 16.6 Å². The highest BCUT2D eigenvalue weighted by Crippen LogP contribution is 2.30. The zero-order valence-electron chi connectivity index (χ0n) is 11.6. The van der Waals surface area contributed by atoms with Gasteiger partial charge in [0.25, 0.3) is 0 Å². The van der Waals surface area contributed by atoms with E-state index in [1.54, 1.807) is 6.07 Å². The predicted octanol–water partition coefficient (Wildman–Crippen LogP) is 5.54. The second kappa shape index (κ2) is 5.43. The van der Waals surface area contributed by atoms with Gasteiger partial charge in [-0.15, -0.1) is 11.6 Å². The Labute approximate surface area is 135 Å². The number of nitrogens with zero attached hydrogens (tertiary/aromatic N) is 2. The molecule has 3 aromatic rings. The van der Waals surface area contributed by atoms with E-state index in [-0.39, 0.29) is 11.2 Å². The van der Waals surface area contributed by atoms with Crippen molar-refractivity contribution in [3.05, 3.63) is 58.1 Å². The Bertz CT molecular complexity index is 827. The van der Waals surface area contributed by atoms with Crippen LogP contribution in [-0.2, 0) is 0 Å². The number of hydrogen-bond donors (Lipinski definition) is 0. The van der Waals surface area contributed by atoms with Gasteiger partial charge in [0.1, 0.15) is 11.6 Å². The van der Waals surface area contributed by atoms with E-state index in [9.17, 15) is 4.39 Å². The molecule has 0 aliphatic rings. The molecule has 2 aromatic carbocycles. The lowest BCUT2D eigenvalue weighted by atomic mass is 10.2. The molecule has 0 fully saturated rings. The third-order valence-corrected chi connectivity index (χ3v) is 4.27. The van der Waals surface area contributed by atoms with E-state index in [4.69, 9.17) is 11.6 Å². The number of alkyl halides is 1. The smallest absolute Gasteiger partial charge is 0.139 e. The Hall–Kier alpha value is -1.39. The number of fused-ring (bicyclic) bond motifs is 1. The van der Waals surface area contributed by atoms with Crippen molar-refractivity contribution in [3.63, 3.8) is 0 Å². The van der Waals surface area contributed by atoms with Crippen LogP contribution in [0.2, 0.25) is 0 Å². The average Bonchev–Trinajstić information content (AvgIpc) is 2.83. The van der Waals surface area contributed by atoms with Crippen molar-refractivity contribution in [3.8, 4) is 5.69 Å². The molecule has 1 heterocycles. The van der Waals surface area contributed by atoms with Gasteiger partial charge in [-0.3, -0.25) is 4.57 Å². The summed E-state index contributed by atoms with van der Waals surface area (Å²) in [5.41, 5.74) is 3.61. The topological polar surface area (TPSA) is 17.8 Å². The van der Waals surface area contributed by atoms with Crippen LogP contribution < -0.4 is 0 Å². The van der Waals surface area contributed by atoms with Crippen LogP contribution >= 0.6 is 27.5 Å². The molecule has 0 amide bonds. The summed E-state index contributed by atoms with van der Waals surface area (Å²) in [5, 5.41) is -0.275. The Balaban J connectivity index is 2.36. The van der Waals surface area contributed by atoms with E-state index in [1.165, 1.54) is 6.07 Å². The fraction of sp³-hybridized carbons (Fsp3) is 0.188. The summed E-state index contributed by atoms with van der Waals surface area (Å²) in [6.07, 6.45) is 0. The number of halogens is 3. The number of aromatic nitrogens is 2. The highest BCUT2D eigenvalue weighted by Gasteiger charge is 2.18. The summed E-state index contributed by atoms with van der Waals surface area (Å²) in [4.78, 5) is 4.64. The van der Waals surface area contributed by atoms with Gasteiger partial charge in [-0.2, -0.15) is 0 Å².